The number of thiazole rings is 1. The number of amides is 1. The smallest absolute Gasteiger partial charge is 0.355 e. The molecule has 2 aromatic rings. The Balaban J connectivity index is 2.34. The Kier molecular flexibility index (Phi) is 4.03. The number of nitrogens with one attached hydrogen (secondary N) is 1. The summed E-state index contributed by atoms with van der Waals surface area (Å²) in [7, 11) is 0. The molecule has 1 heterocycles. The lowest BCUT2D eigenvalue weighted by atomic mass is 10.1. The van der Waals surface area contributed by atoms with Gasteiger partial charge in [0, 0.05) is 17.5 Å². The van der Waals surface area contributed by atoms with Crippen molar-refractivity contribution in [3.8, 4) is 10.6 Å². The molecule has 0 saturated heterocycles. The van der Waals surface area contributed by atoms with Gasteiger partial charge in [-0.15, -0.1) is 11.3 Å². The van der Waals surface area contributed by atoms with E-state index in [9.17, 15) is 22.4 Å². The molecule has 0 aliphatic rings. The lowest BCUT2D eigenvalue weighted by molar-refractivity contribution is -0.140. The minimum Gasteiger partial charge on any atom is -0.355 e. The van der Waals surface area contributed by atoms with Crippen LogP contribution >= 0.6 is 11.3 Å². The van der Waals surface area contributed by atoms with Gasteiger partial charge in [0.2, 0.25) is 6.41 Å². The molecule has 0 saturated carbocycles. The maximum Gasteiger partial charge on any atom is 0.434 e. The predicted molar refractivity (Wildman–Crippen MR) is 65.4 cm³/mol. The number of halogens is 4. The molecule has 1 aromatic carbocycles. The molecule has 0 atom stereocenters. The lowest BCUT2D eigenvalue weighted by Crippen LogP contribution is -2.10. The van der Waals surface area contributed by atoms with Gasteiger partial charge in [0.15, 0.2) is 5.69 Å². The van der Waals surface area contributed by atoms with Gasteiger partial charge in [-0.05, 0) is 23.8 Å². The van der Waals surface area contributed by atoms with E-state index in [0.29, 0.717) is 12.0 Å². The normalized spacial score (nSPS) is 11.4. The second kappa shape index (κ2) is 5.58. The lowest BCUT2D eigenvalue weighted by Gasteiger charge is -2.04. The van der Waals surface area contributed by atoms with E-state index in [-0.39, 0.29) is 17.1 Å². The molecule has 0 fully saturated rings. The molecule has 3 nitrogen and oxygen atoms in total. The fourth-order valence-electron chi connectivity index (χ4n) is 1.57. The Labute approximate surface area is 115 Å². The van der Waals surface area contributed by atoms with E-state index in [4.69, 9.17) is 0 Å². The van der Waals surface area contributed by atoms with Gasteiger partial charge >= 0.3 is 6.18 Å². The van der Waals surface area contributed by atoms with Gasteiger partial charge in [-0.2, -0.15) is 13.2 Å². The van der Waals surface area contributed by atoms with Gasteiger partial charge in [0.25, 0.3) is 0 Å². The van der Waals surface area contributed by atoms with Gasteiger partial charge in [-0.3, -0.25) is 4.79 Å². The summed E-state index contributed by atoms with van der Waals surface area (Å²) in [6.07, 6.45) is -4.07. The van der Waals surface area contributed by atoms with Crippen LogP contribution in [-0.4, -0.2) is 11.4 Å². The van der Waals surface area contributed by atoms with Gasteiger partial charge in [-0.1, -0.05) is 0 Å². The Hall–Kier alpha value is -1.96. The molecular formula is C12H8F4N2OS. The molecule has 0 aliphatic heterocycles. The van der Waals surface area contributed by atoms with E-state index in [2.05, 4.69) is 10.3 Å². The van der Waals surface area contributed by atoms with Crippen LogP contribution in [0.15, 0.2) is 23.6 Å². The van der Waals surface area contributed by atoms with Crippen molar-refractivity contribution in [2.45, 2.75) is 12.7 Å². The van der Waals surface area contributed by atoms with Crippen molar-refractivity contribution in [1.82, 2.24) is 10.3 Å². The van der Waals surface area contributed by atoms with Crippen LogP contribution in [0.5, 0.6) is 0 Å². The van der Waals surface area contributed by atoms with Crippen LogP contribution in [0.2, 0.25) is 0 Å². The Bertz CT molecular complexity index is 624. The van der Waals surface area contributed by atoms with E-state index >= 15 is 0 Å². The summed E-state index contributed by atoms with van der Waals surface area (Å²) in [5.41, 5.74) is -0.321. The molecule has 0 unspecified atom stereocenters. The van der Waals surface area contributed by atoms with Gasteiger partial charge < -0.3 is 5.32 Å². The van der Waals surface area contributed by atoms with E-state index in [1.807, 2.05) is 0 Å². The van der Waals surface area contributed by atoms with Crippen LogP contribution in [-0.2, 0) is 17.5 Å². The molecule has 2 rings (SSSR count). The first kappa shape index (κ1) is 14.4. The van der Waals surface area contributed by atoms with E-state index in [1.54, 1.807) is 0 Å². The molecule has 1 N–H and O–H groups in total. The minimum absolute atomic E-state index is 0.0733. The average molecular weight is 304 g/mol. The molecule has 8 heteroatoms. The molecule has 106 valence electrons. The number of carbonyl (C=O) groups is 1. The Morgan fingerprint density at radius 2 is 2.05 bits per heavy atom. The Morgan fingerprint density at radius 3 is 2.65 bits per heavy atom. The number of alkyl halides is 3. The second-order valence-corrected chi connectivity index (χ2v) is 4.74. The zero-order chi connectivity index (χ0) is 14.8. The molecule has 0 aliphatic carbocycles. The van der Waals surface area contributed by atoms with Crippen LogP contribution in [0.1, 0.15) is 11.3 Å². The highest BCUT2D eigenvalue weighted by molar-refractivity contribution is 7.13. The monoisotopic (exact) mass is 304 g/mol. The SMILES string of the molecule is O=CNCc1cc(F)cc(-c2nc(C(F)(F)F)cs2)c1. The first-order valence-electron chi connectivity index (χ1n) is 5.40. The molecule has 1 aromatic heterocycles. The van der Waals surface area contributed by atoms with Gasteiger partial charge in [0.05, 0.1) is 0 Å². The third-order valence-electron chi connectivity index (χ3n) is 2.39. The Morgan fingerprint density at radius 1 is 1.30 bits per heavy atom. The first-order chi connectivity index (χ1) is 9.40. The fourth-order valence-corrected chi connectivity index (χ4v) is 2.39. The second-order valence-electron chi connectivity index (χ2n) is 3.88. The number of carbonyl (C=O) groups excluding carboxylic acids is 1. The highest BCUT2D eigenvalue weighted by atomic mass is 32.1. The van der Waals surface area contributed by atoms with Crippen LogP contribution in [0.3, 0.4) is 0 Å². The summed E-state index contributed by atoms with van der Waals surface area (Å²) in [6.45, 7) is 0.0891. The highest BCUT2D eigenvalue weighted by Crippen LogP contribution is 2.33. The summed E-state index contributed by atoms with van der Waals surface area (Å²) in [6, 6.07) is 3.78. The zero-order valence-corrected chi connectivity index (χ0v) is 10.7. The molecule has 1 amide bonds. The number of aromatic nitrogens is 1. The average Bonchev–Trinajstić information content (AvgIpc) is 2.85. The van der Waals surface area contributed by atoms with Crippen molar-refractivity contribution in [3.63, 3.8) is 0 Å². The third kappa shape index (κ3) is 3.32. The van der Waals surface area contributed by atoms with E-state index < -0.39 is 17.7 Å². The molecule has 20 heavy (non-hydrogen) atoms. The van der Waals surface area contributed by atoms with Crippen LogP contribution in [0.4, 0.5) is 17.6 Å². The predicted octanol–water partition coefficient (Wildman–Crippen LogP) is 3.21. The number of rotatable bonds is 4. The van der Waals surface area contributed by atoms with Gasteiger partial charge in [-0.25, -0.2) is 9.37 Å². The summed E-state index contributed by atoms with van der Waals surface area (Å²) in [4.78, 5) is 13.6. The quantitative estimate of drug-likeness (QED) is 0.696. The summed E-state index contributed by atoms with van der Waals surface area (Å²) in [5, 5.41) is 3.31. The van der Waals surface area contributed by atoms with Crippen molar-refractivity contribution in [1.29, 1.82) is 0 Å². The van der Waals surface area contributed by atoms with Crippen molar-refractivity contribution >= 4 is 17.7 Å². The van der Waals surface area contributed by atoms with E-state index in [1.165, 1.54) is 12.1 Å². The first-order valence-corrected chi connectivity index (χ1v) is 6.27. The largest absolute Gasteiger partial charge is 0.434 e. The molecule has 0 bridgehead atoms. The summed E-state index contributed by atoms with van der Waals surface area (Å²) in [5.74, 6) is -0.603. The zero-order valence-electron chi connectivity index (χ0n) is 9.87. The standard InChI is InChI=1S/C12H8F4N2OS/c13-9-2-7(4-17-6-19)1-8(3-9)11-18-10(5-20-11)12(14,15)16/h1-3,5-6H,4H2,(H,17,19). The number of nitrogens with zero attached hydrogens (tertiary/aromatic N) is 1. The van der Waals surface area contributed by atoms with Crippen molar-refractivity contribution in [2.75, 3.05) is 0 Å². The minimum atomic E-state index is -4.52. The molecular weight excluding hydrogens is 296 g/mol. The fraction of sp³-hybridized carbons (Fsp3) is 0.167. The third-order valence-corrected chi connectivity index (χ3v) is 3.28. The molecule has 0 radical (unpaired) electrons. The number of benzene rings is 1. The van der Waals surface area contributed by atoms with Gasteiger partial charge in [0.1, 0.15) is 10.8 Å². The number of hydrogen-bond acceptors (Lipinski definition) is 3. The highest BCUT2D eigenvalue weighted by Gasteiger charge is 2.33. The maximum atomic E-state index is 13.4. The van der Waals surface area contributed by atoms with E-state index in [0.717, 1.165) is 22.8 Å². The molecule has 0 spiro atoms. The summed E-state index contributed by atoms with van der Waals surface area (Å²) >= 11 is 0.783. The topological polar surface area (TPSA) is 42.0 Å². The maximum absolute atomic E-state index is 13.4. The van der Waals surface area contributed by atoms with Crippen LogP contribution in [0, 0.1) is 5.82 Å². The summed E-state index contributed by atoms with van der Waals surface area (Å²) < 4.78 is 50.8. The van der Waals surface area contributed by atoms with Crippen molar-refractivity contribution < 1.29 is 22.4 Å². The van der Waals surface area contributed by atoms with Crippen LogP contribution < -0.4 is 5.32 Å². The van der Waals surface area contributed by atoms with Crippen molar-refractivity contribution in [3.05, 3.63) is 40.7 Å². The van der Waals surface area contributed by atoms with Crippen LogP contribution in [0.25, 0.3) is 10.6 Å². The van der Waals surface area contributed by atoms with Crippen molar-refractivity contribution in [2.24, 2.45) is 0 Å². The number of hydrogen-bond donors (Lipinski definition) is 1.